The maximum atomic E-state index is 12.3. The molecule has 174 valence electrons. The molecule has 0 aliphatic carbocycles. The van der Waals surface area contributed by atoms with E-state index in [9.17, 15) is 9.59 Å². The number of rotatable bonds is 4. The predicted octanol–water partition coefficient (Wildman–Crippen LogP) is 4.15. The number of amides is 2. The maximum absolute atomic E-state index is 12.3. The van der Waals surface area contributed by atoms with Crippen LogP contribution in [-0.2, 0) is 9.53 Å². The SMILES string of the molecule is CC(C)(C)OC(=O)N1CCN(c2ccc(NC(=O)/C=C/c3c(Cl)nc4sccn34)nc2)CC1. The number of pyridine rings is 1. The number of anilines is 2. The van der Waals surface area contributed by atoms with E-state index in [4.69, 9.17) is 16.3 Å². The van der Waals surface area contributed by atoms with Crippen LogP contribution in [0.1, 0.15) is 26.5 Å². The Morgan fingerprint density at radius 1 is 1.21 bits per heavy atom. The highest BCUT2D eigenvalue weighted by atomic mass is 35.5. The predicted molar refractivity (Wildman–Crippen MR) is 130 cm³/mol. The van der Waals surface area contributed by atoms with Gasteiger partial charge in [-0.15, -0.1) is 11.3 Å². The summed E-state index contributed by atoms with van der Waals surface area (Å²) in [6.07, 6.45) is 6.31. The molecule has 0 unspecified atom stereocenters. The first-order valence-electron chi connectivity index (χ1n) is 10.5. The number of carbonyl (C=O) groups is 2. The van der Waals surface area contributed by atoms with E-state index in [1.165, 1.54) is 17.4 Å². The fraction of sp³-hybridized carbons (Fsp3) is 0.364. The summed E-state index contributed by atoms with van der Waals surface area (Å²) < 4.78 is 7.26. The Morgan fingerprint density at radius 3 is 2.64 bits per heavy atom. The van der Waals surface area contributed by atoms with Crippen LogP contribution in [0.4, 0.5) is 16.3 Å². The van der Waals surface area contributed by atoms with E-state index in [1.807, 2.05) is 42.8 Å². The molecule has 0 bridgehead atoms. The van der Waals surface area contributed by atoms with Crippen molar-refractivity contribution in [2.45, 2.75) is 26.4 Å². The van der Waals surface area contributed by atoms with Gasteiger partial charge in [0.15, 0.2) is 10.1 Å². The van der Waals surface area contributed by atoms with Gasteiger partial charge >= 0.3 is 6.09 Å². The van der Waals surface area contributed by atoms with Gasteiger partial charge in [-0.1, -0.05) is 11.6 Å². The Balaban J connectivity index is 1.30. The zero-order chi connectivity index (χ0) is 23.6. The van der Waals surface area contributed by atoms with E-state index in [0.29, 0.717) is 42.8 Å². The second-order valence-corrected chi connectivity index (χ2v) is 9.75. The number of halogens is 1. The number of thiazole rings is 1. The van der Waals surface area contributed by atoms with Crippen molar-refractivity contribution < 1.29 is 14.3 Å². The van der Waals surface area contributed by atoms with Crippen LogP contribution >= 0.6 is 22.9 Å². The maximum Gasteiger partial charge on any atom is 0.410 e. The lowest BCUT2D eigenvalue weighted by Gasteiger charge is -2.36. The van der Waals surface area contributed by atoms with Gasteiger partial charge in [0, 0.05) is 43.8 Å². The van der Waals surface area contributed by atoms with Gasteiger partial charge in [0.25, 0.3) is 0 Å². The number of carbonyl (C=O) groups excluding carboxylic acids is 2. The molecule has 1 aliphatic rings. The summed E-state index contributed by atoms with van der Waals surface area (Å²) in [6.45, 7) is 8.09. The zero-order valence-corrected chi connectivity index (χ0v) is 20.2. The number of hydrogen-bond acceptors (Lipinski definition) is 7. The quantitative estimate of drug-likeness (QED) is 0.554. The molecule has 1 N–H and O–H groups in total. The molecule has 1 saturated heterocycles. The van der Waals surface area contributed by atoms with Crippen LogP contribution < -0.4 is 10.2 Å². The summed E-state index contributed by atoms with van der Waals surface area (Å²) in [5, 5.41) is 4.99. The third-order valence-electron chi connectivity index (χ3n) is 4.94. The summed E-state index contributed by atoms with van der Waals surface area (Å²) in [4.78, 5) is 37.7. The minimum Gasteiger partial charge on any atom is -0.444 e. The number of hydrogen-bond donors (Lipinski definition) is 1. The highest BCUT2D eigenvalue weighted by Gasteiger charge is 2.26. The lowest BCUT2D eigenvalue weighted by Crippen LogP contribution is -2.50. The Labute approximate surface area is 200 Å². The molecule has 3 aromatic rings. The Bertz CT molecular complexity index is 1170. The first-order valence-corrected chi connectivity index (χ1v) is 11.7. The van der Waals surface area contributed by atoms with Crippen molar-refractivity contribution in [2.24, 2.45) is 0 Å². The van der Waals surface area contributed by atoms with Crippen molar-refractivity contribution in [2.75, 3.05) is 36.4 Å². The second kappa shape index (κ2) is 9.40. The lowest BCUT2D eigenvalue weighted by atomic mass is 10.2. The number of fused-ring (bicyclic) bond motifs is 1. The molecule has 0 spiro atoms. The van der Waals surface area contributed by atoms with Crippen molar-refractivity contribution in [3.63, 3.8) is 0 Å². The van der Waals surface area contributed by atoms with Gasteiger partial charge < -0.3 is 19.9 Å². The molecular formula is C22H25ClN6O3S. The number of piperazine rings is 1. The van der Waals surface area contributed by atoms with Crippen LogP contribution in [0.5, 0.6) is 0 Å². The van der Waals surface area contributed by atoms with Gasteiger partial charge in [-0.2, -0.15) is 0 Å². The van der Waals surface area contributed by atoms with E-state index >= 15 is 0 Å². The molecular weight excluding hydrogens is 464 g/mol. The molecule has 4 rings (SSSR count). The molecule has 0 atom stereocenters. The van der Waals surface area contributed by atoms with Crippen LogP contribution in [0.2, 0.25) is 5.15 Å². The van der Waals surface area contributed by atoms with Gasteiger partial charge in [-0.3, -0.25) is 9.20 Å². The molecule has 3 aromatic heterocycles. The van der Waals surface area contributed by atoms with Crippen LogP contribution in [0, 0.1) is 0 Å². The largest absolute Gasteiger partial charge is 0.444 e. The fourth-order valence-electron chi connectivity index (χ4n) is 3.37. The number of nitrogens with zero attached hydrogens (tertiary/aromatic N) is 5. The monoisotopic (exact) mass is 488 g/mol. The molecule has 1 fully saturated rings. The van der Waals surface area contributed by atoms with Gasteiger partial charge in [0.1, 0.15) is 11.4 Å². The fourth-order valence-corrected chi connectivity index (χ4v) is 4.37. The second-order valence-electron chi connectivity index (χ2n) is 8.52. The van der Waals surface area contributed by atoms with E-state index in [0.717, 1.165) is 10.6 Å². The number of nitrogens with one attached hydrogen (secondary N) is 1. The summed E-state index contributed by atoms with van der Waals surface area (Å²) in [5.74, 6) is 0.128. The Kier molecular flexibility index (Phi) is 6.57. The molecule has 33 heavy (non-hydrogen) atoms. The molecule has 11 heteroatoms. The van der Waals surface area contributed by atoms with Crippen LogP contribution in [0.25, 0.3) is 11.0 Å². The first-order chi connectivity index (χ1) is 15.7. The summed E-state index contributed by atoms with van der Waals surface area (Å²) in [7, 11) is 0. The average molecular weight is 489 g/mol. The minimum atomic E-state index is -0.505. The van der Waals surface area contributed by atoms with E-state index < -0.39 is 5.60 Å². The third-order valence-corrected chi connectivity index (χ3v) is 5.98. The number of ether oxygens (including phenoxy) is 1. The van der Waals surface area contributed by atoms with Gasteiger partial charge in [-0.05, 0) is 39.0 Å². The highest BCUT2D eigenvalue weighted by Crippen LogP contribution is 2.23. The summed E-state index contributed by atoms with van der Waals surface area (Å²) in [6, 6.07) is 3.66. The zero-order valence-electron chi connectivity index (χ0n) is 18.6. The van der Waals surface area contributed by atoms with Crippen LogP contribution in [-0.4, -0.2) is 63.0 Å². The minimum absolute atomic E-state index is 0.289. The lowest BCUT2D eigenvalue weighted by molar-refractivity contribution is -0.111. The summed E-state index contributed by atoms with van der Waals surface area (Å²) >= 11 is 7.61. The van der Waals surface area contributed by atoms with Gasteiger partial charge in [0.05, 0.1) is 17.6 Å². The van der Waals surface area contributed by atoms with Gasteiger partial charge in [-0.25, -0.2) is 14.8 Å². The van der Waals surface area contributed by atoms with Crippen LogP contribution in [0.3, 0.4) is 0 Å². The highest BCUT2D eigenvalue weighted by molar-refractivity contribution is 7.15. The summed E-state index contributed by atoms with van der Waals surface area (Å²) in [5.41, 5.74) is 1.07. The molecule has 9 nitrogen and oxygen atoms in total. The topological polar surface area (TPSA) is 92.1 Å². The first kappa shape index (κ1) is 23.1. The Hall–Kier alpha value is -3.11. The van der Waals surface area contributed by atoms with E-state index in [-0.39, 0.29) is 12.0 Å². The standard InChI is InChI=1S/C22H25ClN6O3S/c1-22(2,3)32-21(31)28-10-8-27(9-11-28)15-4-6-17(24-14-15)25-18(30)7-5-16-19(23)26-20-29(16)12-13-33-20/h4-7,12-14H,8-11H2,1-3H3,(H,24,25,30)/b7-5+. The molecule has 0 aromatic carbocycles. The van der Waals surface area contributed by atoms with Crippen molar-refractivity contribution >= 4 is 57.5 Å². The molecule has 2 amide bonds. The Morgan fingerprint density at radius 2 is 1.97 bits per heavy atom. The molecule has 0 radical (unpaired) electrons. The van der Waals surface area contributed by atoms with Crippen molar-refractivity contribution in [3.05, 3.63) is 46.8 Å². The number of imidazole rings is 1. The van der Waals surface area contributed by atoms with Crippen molar-refractivity contribution in [1.82, 2.24) is 19.3 Å². The van der Waals surface area contributed by atoms with E-state index in [2.05, 4.69) is 20.2 Å². The third kappa shape index (κ3) is 5.63. The van der Waals surface area contributed by atoms with Crippen molar-refractivity contribution in [3.8, 4) is 0 Å². The van der Waals surface area contributed by atoms with Gasteiger partial charge in [0.2, 0.25) is 5.91 Å². The molecule has 0 saturated carbocycles. The smallest absolute Gasteiger partial charge is 0.410 e. The molecule has 4 heterocycles. The van der Waals surface area contributed by atoms with Crippen LogP contribution in [0.15, 0.2) is 36.0 Å². The van der Waals surface area contributed by atoms with E-state index in [1.54, 1.807) is 23.2 Å². The number of aromatic nitrogens is 3. The van der Waals surface area contributed by atoms with Crippen molar-refractivity contribution in [1.29, 1.82) is 0 Å². The molecule has 1 aliphatic heterocycles. The average Bonchev–Trinajstić information content (AvgIpc) is 3.32. The normalized spacial score (nSPS) is 14.8.